The van der Waals surface area contributed by atoms with Crippen LogP contribution >= 0.6 is 0 Å². The second-order valence-corrected chi connectivity index (χ2v) is 5.38. The molecule has 23 heavy (non-hydrogen) atoms. The molecule has 1 aliphatic rings. The van der Waals surface area contributed by atoms with Gasteiger partial charge in [0, 0.05) is 25.7 Å². The predicted molar refractivity (Wildman–Crippen MR) is 88.3 cm³/mol. The molecule has 0 radical (unpaired) electrons. The fourth-order valence-electron chi connectivity index (χ4n) is 2.49. The molecule has 0 aromatic carbocycles. The van der Waals surface area contributed by atoms with Crippen molar-refractivity contribution < 1.29 is 13.9 Å². The number of carbonyl (C=O) groups is 1. The van der Waals surface area contributed by atoms with Crippen LogP contribution in [0.2, 0.25) is 0 Å². The van der Waals surface area contributed by atoms with Gasteiger partial charge >= 0.3 is 6.09 Å². The van der Waals surface area contributed by atoms with Gasteiger partial charge in [-0.15, -0.1) is 0 Å². The van der Waals surface area contributed by atoms with Crippen molar-refractivity contribution in [1.82, 2.24) is 15.5 Å². The highest BCUT2D eigenvalue weighted by Crippen LogP contribution is 2.11. The lowest BCUT2D eigenvalue weighted by molar-refractivity contribution is 0.0963. The molecule has 0 atom stereocenters. The van der Waals surface area contributed by atoms with Crippen molar-refractivity contribution in [3.8, 4) is 0 Å². The van der Waals surface area contributed by atoms with Crippen LogP contribution in [-0.4, -0.2) is 49.2 Å². The van der Waals surface area contributed by atoms with Crippen LogP contribution < -0.4 is 10.6 Å². The van der Waals surface area contributed by atoms with Crippen LogP contribution in [0.25, 0.3) is 0 Å². The van der Waals surface area contributed by atoms with Crippen LogP contribution in [0.3, 0.4) is 0 Å². The molecule has 1 amide bonds. The number of nitrogens with one attached hydrogen (secondary N) is 2. The summed E-state index contributed by atoms with van der Waals surface area (Å²) in [5.41, 5.74) is 0. The van der Waals surface area contributed by atoms with Gasteiger partial charge in [0.1, 0.15) is 12.3 Å². The number of nitrogens with zero attached hydrogens (tertiary/aromatic N) is 2. The zero-order valence-corrected chi connectivity index (χ0v) is 13.9. The van der Waals surface area contributed by atoms with E-state index in [2.05, 4.69) is 15.6 Å². The Balaban J connectivity index is 1.82. The third kappa shape index (κ3) is 5.50. The lowest BCUT2D eigenvalue weighted by Gasteiger charge is -2.32. The second kappa shape index (κ2) is 9.07. The van der Waals surface area contributed by atoms with Crippen molar-refractivity contribution in [2.75, 3.05) is 26.2 Å². The number of piperidine rings is 1. The summed E-state index contributed by atoms with van der Waals surface area (Å²) in [6.07, 6.45) is 3.19. The fourth-order valence-corrected chi connectivity index (χ4v) is 2.49. The van der Waals surface area contributed by atoms with Gasteiger partial charge in [0.2, 0.25) is 0 Å². The van der Waals surface area contributed by atoms with Crippen molar-refractivity contribution in [3.05, 3.63) is 24.2 Å². The monoisotopic (exact) mass is 322 g/mol. The number of rotatable bonds is 5. The first-order valence-corrected chi connectivity index (χ1v) is 8.21. The Morgan fingerprint density at radius 3 is 2.83 bits per heavy atom. The molecule has 7 nitrogen and oxygen atoms in total. The molecule has 0 saturated carbocycles. The third-order valence-corrected chi connectivity index (χ3v) is 3.68. The average Bonchev–Trinajstić information content (AvgIpc) is 3.07. The van der Waals surface area contributed by atoms with E-state index in [1.54, 1.807) is 11.2 Å². The number of furan rings is 1. The van der Waals surface area contributed by atoms with Crippen LogP contribution in [0.1, 0.15) is 32.4 Å². The molecule has 128 valence electrons. The normalized spacial score (nSPS) is 16.3. The summed E-state index contributed by atoms with van der Waals surface area (Å²) in [7, 11) is 0. The van der Waals surface area contributed by atoms with E-state index in [9.17, 15) is 4.79 Å². The molecular weight excluding hydrogens is 296 g/mol. The van der Waals surface area contributed by atoms with Gasteiger partial charge in [0.05, 0.1) is 12.9 Å². The van der Waals surface area contributed by atoms with Gasteiger partial charge in [-0.05, 0) is 38.8 Å². The van der Waals surface area contributed by atoms with Crippen molar-refractivity contribution in [2.45, 2.75) is 39.3 Å². The molecule has 1 aromatic rings. The molecule has 0 spiro atoms. The molecule has 2 N–H and O–H groups in total. The Hall–Kier alpha value is -2.18. The first-order valence-electron chi connectivity index (χ1n) is 8.21. The summed E-state index contributed by atoms with van der Waals surface area (Å²) in [6, 6.07) is 4.07. The summed E-state index contributed by atoms with van der Waals surface area (Å²) in [4.78, 5) is 18.0. The van der Waals surface area contributed by atoms with E-state index >= 15 is 0 Å². The Kier molecular flexibility index (Phi) is 6.77. The summed E-state index contributed by atoms with van der Waals surface area (Å²) < 4.78 is 10.3. The van der Waals surface area contributed by atoms with Gasteiger partial charge in [-0.25, -0.2) is 9.79 Å². The largest absolute Gasteiger partial charge is 0.467 e. The van der Waals surface area contributed by atoms with E-state index in [4.69, 9.17) is 9.15 Å². The number of hydrogen-bond donors (Lipinski definition) is 2. The molecule has 0 unspecified atom stereocenters. The summed E-state index contributed by atoms with van der Waals surface area (Å²) >= 11 is 0. The Morgan fingerprint density at radius 2 is 2.22 bits per heavy atom. The van der Waals surface area contributed by atoms with Crippen molar-refractivity contribution in [3.63, 3.8) is 0 Å². The van der Waals surface area contributed by atoms with Crippen LogP contribution in [0.15, 0.2) is 27.8 Å². The van der Waals surface area contributed by atoms with Gasteiger partial charge in [-0.2, -0.15) is 0 Å². The number of aliphatic imine (C=N–C) groups is 1. The maximum atomic E-state index is 11.7. The smallest absolute Gasteiger partial charge is 0.409 e. The summed E-state index contributed by atoms with van der Waals surface area (Å²) in [5, 5.41) is 6.67. The molecule has 1 fully saturated rings. The minimum absolute atomic E-state index is 0.218. The zero-order chi connectivity index (χ0) is 16.5. The first-order chi connectivity index (χ1) is 11.2. The summed E-state index contributed by atoms with van der Waals surface area (Å²) in [6.45, 7) is 6.98. The van der Waals surface area contributed by atoms with E-state index in [-0.39, 0.29) is 6.09 Å². The van der Waals surface area contributed by atoms with Crippen molar-refractivity contribution >= 4 is 12.1 Å². The highest BCUT2D eigenvalue weighted by Gasteiger charge is 2.23. The van der Waals surface area contributed by atoms with Crippen LogP contribution in [0.4, 0.5) is 4.79 Å². The van der Waals surface area contributed by atoms with E-state index in [1.807, 2.05) is 26.0 Å². The van der Waals surface area contributed by atoms with Gasteiger partial charge in [-0.1, -0.05) is 0 Å². The number of ether oxygens (including phenoxy) is 1. The highest BCUT2D eigenvalue weighted by molar-refractivity contribution is 5.80. The minimum Gasteiger partial charge on any atom is -0.467 e. The lowest BCUT2D eigenvalue weighted by Crippen LogP contribution is -2.49. The van der Waals surface area contributed by atoms with Crippen LogP contribution in [-0.2, 0) is 11.3 Å². The molecule has 2 rings (SSSR count). The number of hydrogen-bond acceptors (Lipinski definition) is 4. The first kappa shape index (κ1) is 17.2. The SMILES string of the molecule is CCNC(=NCc1ccco1)NC1CCN(C(=O)OCC)CC1. The molecule has 7 heteroatoms. The molecule has 1 saturated heterocycles. The number of carbonyl (C=O) groups excluding carboxylic acids is 1. The second-order valence-electron chi connectivity index (χ2n) is 5.38. The molecule has 0 bridgehead atoms. The fraction of sp³-hybridized carbons (Fsp3) is 0.625. The molecule has 2 heterocycles. The molecule has 1 aromatic heterocycles. The van der Waals surface area contributed by atoms with Gasteiger partial charge in [0.15, 0.2) is 5.96 Å². The lowest BCUT2D eigenvalue weighted by atomic mass is 10.1. The van der Waals surface area contributed by atoms with E-state index in [1.165, 1.54) is 0 Å². The highest BCUT2D eigenvalue weighted by atomic mass is 16.6. The zero-order valence-electron chi connectivity index (χ0n) is 13.9. The van der Waals surface area contributed by atoms with E-state index < -0.39 is 0 Å². The Labute approximate surface area is 137 Å². The molecular formula is C16H26N4O3. The quantitative estimate of drug-likeness (QED) is 0.640. The standard InChI is InChI=1S/C16H26N4O3/c1-3-17-15(18-12-14-6-5-11-23-14)19-13-7-9-20(10-8-13)16(21)22-4-2/h5-6,11,13H,3-4,7-10,12H2,1-2H3,(H2,17,18,19). The van der Waals surface area contributed by atoms with Crippen LogP contribution in [0, 0.1) is 0 Å². The molecule has 1 aliphatic heterocycles. The minimum atomic E-state index is -0.218. The van der Waals surface area contributed by atoms with Crippen molar-refractivity contribution in [1.29, 1.82) is 0 Å². The van der Waals surface area contributed by atoms with E-state index in [0.717, 1.165) is 31.1 Å². The van der Waals surface area contributed by atoms with E-state index in [0.29, 0.717) is 32.3 Å². The van der Waals surface area contributed by atoms with Gasteiger partial charge in [-0.3, -0.25) is 0 Å². The van der Waals surface area contributed by atoms with Crippen LogP contribution in [0.5, 0.6) is 0 Å². The Morgan fingerprint density at radius 1 is 1.43 bits per heavy atom. The van der Waals surface area contributed by atoms with Gasteiger partial charge < -0.3 is 24.7 Å². The maximum absolute atomic E-state index is 11.7. The average molecular weight is 322 g/mol. The Bertz CT molecular complexity index is 493. The summed E-state index contributed by atoms with van der Waals surface area (Å²) in [5.74, 6) is 1.61. The third-order valence-electron chi connectivity index (χ3n) is 3.68. The molecule has 0 aliphatic carbocycles. The number of amides is 1. The van der Waals surface area contributed by atoms with Gasteiger partial charge in [0.25, 0.3) is 0 Å². The number of likely N-dealkylation sites (tertiary alicyclic amines) is 1. The maximum Gasteiger partial charge on any atom is 0.409 e. The van der Waals surface area contributed by atoms with Crippen molar-refractivity contribution in [2.24, 2.45) is 4.99 Å². The number of guanidine groups is 1. The topological polar surface area (TPSA) is 79.1 Å². The predicted octanol–water partition coefficient (Wildman–Crippen LogP) is 1.96.